The number of hydrogen-bond donors (Lipinski definition) is 4. The van der Waals surface area contributed by atoms with Crippen molar-refractivity contribution < 1.29 is 61.2 Å². The molecule has 84 heavy (non-hydrogen) atoms. The second-order valence-electron chi connectivity index (χ2n) is 19.5. The number of hydrogen-bond acceptors (Lipinski definition) is 20. The number of carbonyl (C=O) groups excluding carboxylic acids is 4. The Morgan fingerprint density at radius 1 is 0.821 bits per heavy atom. The van der Waals surface area contributed by atoms with Crippen molar-refractivity contribution in [1.29, 1.82) is 5.26 Å². The van der Waals surface area contributed by atoms with Gasteiger partial charge < -0.3 is 52.1 Å². The Bertz CT molecular complexity index is 3600. The molecule has 2 amide bonds. The maximum Gasteiger partial charge on any atom is 0.333 e. The van der Waals surface area contributed by atoms with E-state index >= 15 is 0 Å². The van der Waals surface area contributed by atoms with Gasteiger partial charge >= 0.3 is 20.3 Å². The molecule has 440 valence electrons. The van der Waals surface area contributed by atoms with Crippen molar-refractivity contribution >= 4 is 60.6 Å². The third-order valence-corrected chi connectivity index (χ3v) is 15.7. The number of fused-ring (bicyclic) bond motifs is 1. The molecule has 2 fully saturated rings. The molecule has 7 aromatic rings. The average Bonchev–Trinajstić information content (AvgIpc) is 1.34. The van der Waals surface area contributed by atoms with Gasteiger partial charge in [-0.05, 0) is 66.2 Å². The lowest BCUT2D eigenvalue weighted by Crippen LogP contribution is -2.38. The highest BCUT2D eigenvalue weighted by atomic mass is 32.1. The van der Waals surface area contributed by atoms with E-state index in [1.165, 1.54) is 46.8 Å². The van der Waals surface area contributed by atoms with E-state index in [1.54, 1.807) is 31.0 Å². The number of methoxy groups -OCH3 is 2. The van der Waals surface area contributed by atoms with Gasteiger partial charge in [0.15, 0.2) is 11.2 Å². The van der Waals surface area contributed by atoms with E-state index in [2.05, 4.69) is 36.6 Å². The first-order valence-corrected chi connectivity index (χ1v) is 28.7. The fraction of sp³-hybridized carbons (Fsp3) is 0.368. The van der Waals surface area contributed by atoms with Crippen LogP contribution < -0.4 is 36.9 Å². The number of aromatic nitrogens is 6. The van der Waals surface area contributed by atoms with Crippen LogP contribution in [0.3, 0.4) is 0 Å². The number of nitrogens with zero attached hydrogens (tertiary/aromatic N) is 5. The van der Waals surface area contributed by atoms with Gasteiger partial charge in [0.2, 0.25) is 11.9 Å². The molecule has 2 saturated heterocycles. The monoisotopic (exact) mass is 1190 g/mol. The normalized spacial score (nSPS) is 18.9. The molecule has 27 heteroatoms. The minimum Gasteiger partial charge on any atom is -0.497 e. The number of amides is 2. The second kappa shape index (κ2) is 27.9. The molecule has 9 rings (SSSR count). The van der Waals surface area contributed by atoms with Crippen LogP contribution in [-0.4, -0.2) is 118 Å². The van der Waals surface area contributed by atoms with Gasteiger partial charge in [-0.3, -0.25) is 48.4 Å². The summed E-state index contributed by atoms with van der Waals surface area (Å²) in [6.45, 7) is 2.18. The zero-order valence-electron chi connectivity index (χ0n) is 46.1. The van der Waals surface area contributed by atoms with Gasteiger partial charge in [-0.2, -0.15) is 21.6 Å². The Balaban J connectivity index is 1.04. The number of rotatable bonds is 27. The Labute approximate surface area is 485 Å². The second-order valence-corrected chi connectivity index (χ2v) is 21.4. The summed E-state index contributed by atoms with van der Waals surface area (Å²) < 4.78 is 59.6. The molecule has 0 radical (unpaired) electrons. The summed E-state index contributed by atoms with van der Waals surface area (Å²) in [6.07, 6.45) is -3.89. The minimum absolute atomic E-state index is 0.00290. The van der Waals surface area contributed by atoms with Gasteiger partial charge in [-0.15, -0.1) is 0 Å². The number of thiophene rings is 1. The first-order chi connectivity index (χ1) is 40.6. The number of imidazole rings is 1. The van der Waals surface area contributed by atoms with E-state index in [1.807, 2.05) is 78.9 Å². The lowest BCUT2D eigenvalue weighted by atomic mass is 9.80. The molecule has 25 nitrogen and oxygen atoms in total. The van der Waals surface area contributed by atoms with Gasteiger partial charge in [0.05, 0.1) is 65.4 Å². The number of aryl methyl sites for hydroxylation is 1. The van der Waals surface area contributed by atoms with Crippen molar-refractivity contribution in [3.8, 4) is 17.6 Å². The first kappa shape index (κ1) is 60.3. The number of aromatic amines is 2. The molecule has 4 aromatic heterocycles. The molecule has 4 N–H and O–H groups in total. The maximum absolute atomic E-state index is 13.6. The quantitative estimate of drug-likeness (QED) is 0.0192. The van der Waals surface area contributed by atoms with E-state index in [0.717, 1.165) is 5.56 Å². The molecular formula is C57H60N9O16PS. The molecule has 7 atom stereocenters. The van der Waals surface area contributed by atoms with Crippen LogP contribution in [0.2, 0.25) is 0 Å². The molecular weight excluding hydrogens is 1130 g/mol. The molecule has 2 aliphatic heterocycles. The van der Waals surface area contributed by atoms with Crippen LogP contribution in [0, 0.1) is 18.3 Å². The number of benzene rings is 3. The number of anilines is 1. The summed E-state index contributed by atoms with van der Waals surface area (Å²) >= 11 is 1.36. The Hall–Kier alpha value is -8.25. The minimum atomic E-state index is -2.46. The number of nitriles is 1. The van der Waals surface area contributed by atoms with Crippen molar-refractivity contribution in [3.05, 3.63) is 167 Å². The summed E-state index contributed by atoms with van der Waals surface area (Å²) in [6, 6.07) is 28.2. The smallest absolute Gasteiger partial charge is 0.333 e. The zero-order valence-corrected chi connectivity index (χ0v) is 47.8. The van der Waals surface area contributed by atoms with E-state index in [0.29, 0.717) is 28.2 Å². The van der Waals surface area contributed by atoms with Crippen molar-refractivity contribution in [3.63, 3.8) is 0 Å². The van der Waals surface area contributed by atoms with Gasteiger partial charge in [-0.1, -0.05) is 54.6 Å². The van der Waals surface area contributed by atoms with Crippen molar-refractivity contribution in [2.75, 3.05) is 45.9 Å². The number of ether oxygens (including phenoxy) is 6. The summed E-state index contributed by atoms with van der Waals surface area (Å²) in [7, 11) is 0.677. The summed E-state index contributed by atoms with van der Waals surface area (Å²) in [5.74, 6) is -0.788. The summed E-state index contributed by atoms with van der Waals surface area (Å²) in [5.41, 5.74) is -0.532. The maximum atomic E-state index is 13.6. The van der Waals surface area contributed by atoms with E-state index < -0.39 is 79.8 Å². The van der Waals surface area contributed by atoms with E-state index in [9.17, 15) is 38.8 Å². The van der Waals surface area contributed by atoms with Crippen molar-refractivity contribution in [1.82, 2.24) is 34.4 Å². The van der Waals surface area contributed by atoms with E-state index in [4.69, 9.17) is 42.0 Å². The van der Waals surface area contributed by atoms with Crippen LogP contribution >= 0.6 is 19.9 Å². The number of nitrogens with one attached hydrogen (secondary N) is 4. The molecule has 0 saturated carbocycles. The van der Waals surface area contributed by atoms with Crippen LogP contribution in [0.15, 0.2) is 123 Å². The molecule has 6 heterocycles. The SMILES string of the molecule is COc1ccc(C(OCC2OC(n3cnc4c(=O)[nH]c(NC(=O)CCNC(=O)c5ccsc5)nc43)CC2OP(OCCC#N)OCC2OC(n3cc(C)c(=O)[nH]c3=O)CC2OC(=O)CCC(C)=O)(c2ccccc2)c2ccc(OC)cc2)cc1. The fourth-order valence-corrected chi connectivity index (χ4v) is 11.3. The first-order valence-electron chi connectivity index (χ1n) is 26.6. The van der Waals surface area contributed by atoms with E-state index in [-0.39, 0.29) is 99.3 Å². The van der Waals surface area contributed by atoms with Crippen LogP contribution in [0.5, 0.6) is 11.5 Å². The number of H-pyrrole nitrogens is 2. The number of Topliss-reactive ketones (excluding diaryl/α,β-unsaturated/α-hetero) is 1. The van der Waals surface area contributed by atoms with Gasteiger partial charge in [0.1, 0.15) is 53.7 Å². The van der Waals surface area contributed by atoms with Crippen molar-refractivity contribution in [2.24, 2.45) is 0 Å². The van der Waals surface area contributed by atoms with Crippen LogP contribution in [0.25, 0.3) is 11.2 Å². The predicted molar refractivity (Wildman–Crippen MR) is 303 cm³/mol. The Kier molecular flexibility index (Phi) is 20.0. The van der Waals surface area contributed by atoms with Crippen LogP contribution in [0.4, 0.5) is 5.95 Å². The lowest BCUT2D eigenvalue weighted by molar-refractivity contribution is -0.153. The molecule has 0 bridgehead atoms. The number of ketones is 1. The summed E-state index contributed by atoms with van der Waals surface area (Å²) in [4.78, 5) is 103. The number of esters is 1. The average molecular weight is 1190 g/mol. The number of carbonyl (C=O) groups is 4. The zero-order chi connectivity index (χ0) is 59.3. The summed E-state index contributed by atoms with van der Waals surface area (Å²) in [5, 5.41) is 18.4. The molecule has 7 unspecified atom stereocenters. The fourth-order valence-electron chi connectivity index (χ4n) is 9.55. The molecule has 0 spiro atoms. The highest BCUT2D eigenvalue weighted by Crippen LogP contribution is 2.49. The third-order valence-electron chi connectivity index (χ3n) is 13.8. The standard InChI is InChI=1S/C57H60N9O16PS/c1-34-29-65(56(73)64-52(34)70)47-27-42(81-49(69)20-11-35(2)67)45(80-47)31-78-83(77-25-8-23-58)82-43-28-48(66-33-60-50-51(66)62-55(63-54(50)72)61-46(68)21-24-59-53(71)36-22-26-84-32-36)79-44(43)30-76-57(37-9-6-5-7-10-37,38-12-16-40(74-3)17-13-38)39-14-18-41(75-4)19-15-39/h5-7,9-10,12-19,22,26,29,32-33,42-45,47-48H,8,11,20-21,24-25,27-28,30-31H2,1-4H3,(H,59,71)(H,64,70,73)(H2,61,62,63,68,72). The van der Waals surface area contributed by atoms with Gasteiger partial charge in [0.25, 0.3) is 17.0 Å². The molecule has 0 aliphatic carbocycles. The predicted octanol–water partition coefficient (Wildman–Crippen LogP) is 6.24. The Morgan fingerprint density at radius 3 is 2.14 bits per heavy atom. The van der Waals surface area contributed by atoms with Gasteiger partial charge in [0, 0.05) is 54.9 Å². The Morgan fingerprint density at radius 2 is 1.49 bits per heavy atom. The van der Waals surface area contributed by atoms with Gasteiger partial charge in [-0.25, -0.2) is 9.78 Å². The largest absolute Gasteiger partial charge is 0.497 e. The lowest BCUT2D eigenvalue weighted by Gasteiger charge is -2.37. The third kappa shape index (κ3) is 14.4. The topological polar surface area (TPSA) is 318 Å². The molecule has 2 aliphatic rings. The van der Waals surface area contributed by atoms with Crippen LogP contribution in [0.1, 0.15) is 90.5 Å². The van der Waals surface area contributed by atoms with Crippen LogP contribution in [-0.2, 0) is 52.5 Å². The van der Waals surface area contributed by atoms with Crippen molar-refractivity contribution in [2.45, 2.75) is 94.8 Å². The highest BCUT2D eigenvalue weighted by Gasteiger charge is 2.46. The molecule has 3 aromatic carbocycles. The highest BCUT2D eigenvalue weighted by molar-refractivity contribution is 7.41.